The van der Waals surface area contributed by atoms with Gasteiger partial charge in [0, 0.05) is 19.3 Å². The Hall–Kier alpha value is -7.79. The zero-order valence-corrected chi connectivity index (χ0v) is 41.1. The summed E-state index contributed by atoms with van der Waals surface area (Å²) in [5.74, 6) is -16.3. The van der Waals surface area contributed by atoms with Crippen LogP contribution >= 0.6 is 0 Å². The van der Waals surface area contributed by atoms with E-state index in [1.807, 2.05) is 0 Å². The Labute approximate surface area is 424 Å². The van der Waals surface area contributed by atoms with E-state index in [1.54, 1.807) is 44.2 Å². The number of primary amides is 1. The van der Waals surface area contributed by atoms with Crippen LogP contribution in [0.25, 0.3) is 0 Å². The van der Waals surface area contributed by atoms with Crippen LogP contribution in [-0.4, -0.2) is 170 Å². The Morgan fingerprint density at radius 3 is 1.59 bits per heavy atom. The van der Waals surface area contributed by atoms with Crippen LogP contribution in [0.5, 0.6) is 0 Å². The number of carbonyl (C=O) groups excluding carboxylic acids is 9. The van der Waals surface area contributed by atoms with Crippen molar-refractivity contribution < 1.29 is 87.9 Å². The molecule has 412 valence electrons. The summed E-state index contributed by atoms with van der Waals surface area (Å²) in [4.78, 5) is 165. The molecule has 0 heterocycles. The van der Waals surface area contributed by atoms with E-state index in [4.69, 9.17) is 22.3 Å². The molecule has 0 fully saturated rings. The van der Waals surface area contributed by atoms with E-state index >= 15 is 0 Å². The number of carbonyl (C=O) groups is 13. The molecule has 0 saturated carbocycles. The number of hydrogen-bond donors (Lipinski definition) is 16. The molecule has 9 atom stereocenters. The number of amides is 9. The molecule has 0 aliphatic carbocycles. The predicted molar refractivity (Wildman–Crippen MR) is 256 cm³/mol. The van der Waals surface area contributed by atoms with Crippen LogP contribution < -0.4 is 59.7 Å². The highest BCUT2D eigenvalue weighted by molar-refractivity contribution is 5.99. The number of benzene rings is 1. The van der Waals surface area contributed by atoms with E-state index < -0.39 is 176 Å². The van der Waals surface area contributed by atoms with Gasteiger partial charge in [0.1, 0.15) is 42.3 Å². The standard InChI is InChI=1S/C45H69N11O18/c1-22(2)17-28(41(69)51-26(13-15-35(62)63)40(68)54-31(20-36(64)65)42(70)52-27(45(73)74)11-7-8-16-46)55-44(72)37(23(3)57)56-43(71)30(19-32(48)58)50-33(59)21-49-39(67)29(18-24-9-5-4-6-10-24)53-38(66)25(47)12-14-34(60)61/h4-6,9-10,22-23,25-31,37,57H,7-8,11-21,46-47H2,1-3H3,(H2,48,58)(H,49,67)(H,50,59)(H,51,69)(H,52,70)(H,53,66)(H,54,68)(H,55,72)(H,56,71)(H,60,61)(H,62,63)(H,64,65)(H,73,74)/t23-,25+,26+,27+,28+,29+,30+,31+,37+/m1/s1. The molecule has 19 N–H and O–H groups in total. The third-order valence-corrected chi connectivity index (χ3v) is 10.7. The first-order valence-electron chi connectivity index (χ1n) is 23.4. The van der Waals surface area contributed by atoms with Gasteiger partial charge in [-0.25, -0.2) is 4.79 Å². The van der Waals surface area contributed by atoms with E-state index in [9.17, 15) is 82.8 Å². The van der Waals surface area contributed by atoms with Crippen molar-refractivity contribution in [1.29, 1.82) is 0 Å². The summed E-state index contributed by atoms with van der Waals surface area (Å²) in [6.07, 6.45) is -5.55. The molecule has 0 aliphatic heterocycles. The van der Waals surface area contributed by atoms with E-state index in [0.29, 0.717) is 12.0 Å². The molecule has 0 radical (unpaired) electrons. The summed E-state index contributed by atoms with van der Waals surface area (Å²) >= 11 is 0. The van der Waals surface area contributed by atoms with E-state index in [-0.39, 0.29) is 38.6 Å². The molecule has 1 aromatic rings. The van der Waals surface area contributed by atoms with Gasteiger partial charge in [-0.15, -0.1) is 0 Å². The van der Waals surface area contributed by atoms with Crippen LogP contribution in [0.15, 0.2) is 30.3 Å². The van der Waals surface area contributed by atoms with Gasteiger partial charge in [-0.3, -0.25) is 57.5 Å². The molecule has 29 nitrogen and oxygen atoms in total. The van der Waals surface area contributed by atoms with Crippen molar-refractivity contribution in [1.82, 2.24) is 42.5 Å². The lowest BCUT2D eigenvalue weighted by atomic mass is 10.0. The molecule has 74 heavy (non-hydrogen) atoms. The number of nitrogens with two attached hydrogens (primary N) is 3. The Balaban J connectivity index is 3.30. The highest BCUT2D eigenvalue weighted by Crippen LogP contribution is 2.11. The Morgan fingerprint density at radius 1 is 0.541 bits per heavy atom. The van der Waals surface area contributed by atoms with Crippen molar-refractivity contribution in [2.45, 2.75) is 146 Å². The van der Waals surface area contributed by atoms with Gasteiger partial charge in [0.2, 0.25) is 53.2 Å². The zero-order valence-electron chi connectivity index (χ0n) is 41.1. The van der Waals surface area contributed by atoms with E-state index in [1.165, 1.54) is 0 Å². The fraction of sp³-hybridized carbons (Fsp3) is 0.578. The quantitative estimate of drug-likeness (QED) is 0.0279. The predicted octanol–water partition coefficient (Wildman–Crippen LogP) is -5.21. The molecule has 0 saturated heterocycles. The molecule has 9 amide bonds. The van der Waals surface area contributed by atoms with Gasteiger partial charge in [0.15, 0.2) is 0 Å². The highest BCUT2D eigenvalue weighted by atomic mass is 16.4. The molecule has 29 heteroatoms. The number of aliphatic carboxylic acids is 4. The van der Waals surface area contributed by atoms with Crippen LogP contribution in [-0.2, 0) is 68.7 Å². The number of nitrogens with one attached hydrogen (secondary N) is 8. The summed E-state index contributed by atoms with van der Waals surface area (Å²) in [5, 5.41) is 66.0. The highest BCUT2D eigenvalue weighted by Gasteiger charge is 2.36. The lowest BCUT2D eigenvalue weighted by Gasteiger charge is -2.28. The first-order valence-corrected chi connectivity index (χ1v) is 23.4. The van der Waals surface area contributed by atoms with Crippen LogP contribution in [0.2, 0.25) is 0 Å². The minimum Gasteiger partial charge on any atom is -0.481 e. The van der Waals surface area contributed by atoms with Crippen molar-refractivity contribution in [3.8, 4) is 0 Å². The zero-order chi connectivity index (χ0) is 56.2. The van der Waals surface area contributed by atoms with Crippen molar-refractivity contribution in [2.24, 2.45) is 23.1 Å². The second-order valence-electron chi connectivity index (χ2n) is 17.6. The van der Waals surface area contributed by atoms with E-state index in [0.717, 1.165) is 6.92 Å². The SMILES string of the molecule is CC(C)C[C@H](NC(=O)[C@@H](NC(=O)[C@H](CC(N)=O)NC(=O)CNC(=O)[C@H](Cc1ccccc1)NC(=O)[C@@H](N)CCC(=O)O)[C@@H](C)O)C(=O)N[C@@H](CCC(=O)O)C(=O)N[C@@H](CC(=O)O)C(=O)N[C@@H](CCCCN)C(=O)O. The molecule has 1 rings (SSSR count). The summed E-state index contributed by atoms with van der Waals surface area (Å²) in [7, 11) is 0. The Bertz CT molecular complexity index is 2140. The minimum atomic E-state index is -1.94. The average molecular weight is 1050 g/mol. The van der Waals surface area contributed by atoms with Gasteiger partial charge in [0.05, 0.1) is 31.5 Å². The fourth-order valence-electron chi connectivity index (χ4n) is 6.81. The molecule has 0 aliphatic rings. The number of aliphatic hydroxyl groups is 1. The van der Waals surface area contributed by atoms with Crippen molar-refractivity contribution >= 4 is 77.0 Å². The van der Waals surface area contributed by atoms with Crippen molar-refractivity contribution in [2.75, 3.05) is 13.1 Å². The van der Waals surface area contributed by atoms with E-state index in [2.05, 4.69) is 42.5 Å². The lowest BCUT2D eigenvalue weighted by Crippen LogP contribution is -2.61. The molecular weight excluding hydrogens is 983 g/mol. The van der Waals surface area contributed by atoms with Crippen molar-refractivity contribution in [3.05, 3.63) is 35.9 Å². The smallest absolute Gasteiger partial charge is 0.326 e. The summed E-state index contributed by atoms with van der Waals surface area (Å²) in [6, 6.07) is -5.00. The number of hydrogen-bond acceptors (Lipinski definition) is 16. The second-order valence-corrected chi connectivity index (χ2v) is 17.6. The maximum absolute atomic E-state index is 13.8. The third-order valence-electron chi connectivity index (χ3n) is 10.7. The first kappa shape index (κ1) is 64.2. The molecule has 0 unspecified atom stereocenters. The summed E-state index contributed by atoms with van der Waals surface area (Å²) < 4.78 is 0. The van der Waals surface area contributed by atoms with Crippen molar-refractivity contribution in [3.63, 3.8) is 0 Å². The molecule has 0 aromatic heterocycles. The first-order chi connectivity index (χ1) is 34.6. The second kappa shape index (κ2) is 33.0. The number of carboxylic acid groups (broad SMARTS) is 4. The topological polar surface area (TPSA) is 497 Å². The van der Waals surface area contributed by atoms with Gasteiger partial charge in [0.25, 0.3) is 0 Å². The average Bonchev–Trinajstić information content (AvgIpc) is 3.31. The van der Waals surface area contributed by atoms with Crippen LogP contribution in [0.3, 0.4) is 0 Å². The fourth-order valence-corrected chi connectivity index (χ4v) is 6.81. The normalized spacial score (nSPS) is 14.6. The third kappa shape index (κ3) is 25.5. The lowest BCUT2D eigenvalue weighted by molar-refractivity contribution is -0.144. The minimum absolute atomic E-state index is 0.100. The van der Waals surface area contributed by atoms with Gasteiger partial charge >= 0.3 is 23.9 Å². The Kier molecular flexibility index (Phi) is 28.7. The van der Waals surface area contributed by atoms with Gasteiger partial charge < -0.3 is 85.3 Å². The Morgan fingerprint density at radius 2 is 1.05 bits per heavy atom. The number of carboxylic acids is 4. The van der Waals surface area contributed by atoms with Crippen LogP contribution in [0.1, 0.15) is 90.5 Å². The van der Waals surface area contributed by atoms with Gasteiger partial charge in [-0.1, -0.05) is 44.2 Å². The number of rotatable bonds is 36. The van der Waals surface area contributed by atoms with Crippen LogP contribution in [0, 0.1) is 5.92 Å². The largest absolute Gasteiger partial charge is 0.481 e. The maximum atomic E-state index is 13.8. The molecule has 1 aromatic carbocycles. The number of unbranched alkanes of at least 4 members (excludes halogenated alkanes) is 1. The summed E-state index contributed by atoms with van der Waals surface area (Å²) in [6.45, 7) is 3.64. The molecule has 0 bridgehead atoms. The monoisotopic (exact) mass is 1050 g/mol. The maximum Gasteiger partial charge on any atom is 0.326 e. The number of aliphatic hydroxyl groups excluding tert-OH is 1. The molecular formula is C45H69N11O18. The van der Waals surface area contributed by atoms with Crippen LogP contribution in [0.4, 0.5) is 0 Å². The summed E-state index contributed by atoms with van der Waals surface area (Å²) in [5.41, 5.74) is 17.2. The van der Waals surface area contributed by atoms with Gasteiger partial charge in [-0.2, -0.15) is 0 Å². The molecule has 0 spiro atoms. The van der Waals surface area contributed by atoms with Gasteiger partial charge in [-0.05, 0) is 63.5 Å².